The summed E-state index contributed by atoms with van der Waals surface area (Å²) in [7, 11) is 0. The minimum Gasteiger partial charge on any atom is -0.261 e. The summed E-state index contributed by atoms with van der Waals surface area (Å²) < 4.78 is 12.3. The van der Waals surface area contributed by atoms with Crippen molar-refractivity contribution >= 4 is 5.71 Å². The molecule has 0 aliphatic carbocycles. The second kappa shape index (κ2) is 4.55. The lowest BCUT2D eigenvalue weighted by atomic mass is 10.1. The lowest BCUT2D eigenvalue weighted by Crippen LogP contribution is -2.01. The van der Waals surface area contributed by atoms with Crippen LogP contribution in [0.15, 0.2) is 54.0 Å². The highest BCUT2D eigenvalue weighted by Gasteiger charge is 2.02. The van der Waals surface area contributed by atoms with E-state index in [-0.39, 0.29) is 0 Å². The van der Waals surface area contributed by atoms with Crippen LogP contribution in [0, 0.1) is 0 Å². The van der Waals surface area contributed by atoms with Crippen LogP contribution in [0.5, 0.6) is 0 Å². The molecule has 0 saturated carbocycles. The fraction of sp³-hybridized carbons (Fsp3) is 0.182. The second-order valence-electron chi connectivity index (χ2n) is 2.80. The summed E-state index contributed by atoms with van der Waals surface area (Å²) in [6.45, 7) is 6.91. The number of hydrogen-bond acceptors (Lipinski definition) is 1. The lowest BCUT2D eigenvalue weighted by molar-refractivity contribution is 0.671. The summed E-state index contributed by atoms with van der Waals surface area (Å²) in [5.41, 5.74) is 1.67. The van der Waals surface area contributed by atoms with Crippen LogP contribution in [0.1, 0.15) is 12.8 Å². The van der Waals surface area contributed by atoms with Gasteiger partial charge in [-0.05, 0) is 24.5 Å². The Morgan fingerprint density at radius 3 is 2.77 bits per heavy atom. The van der Waals surface area contributed by atoms with Crippen LogP contribution in [0.2, 0.25) is 0 Å². The zero-order chi connectivity index (χ0) is 9.68. The van der Waals surface area contributed by atoms with Crippen LogP contribution in [0.4, 0.5) is 4.39 Å². The molecule has 0 aromatic heterocycles. The Morgan fingerprint density at radius 2 is 2.23 bits per heavy atom. The number of aliphatic imine (C=N–C) groups is 1. The molecule has 1 heterocycles. The van der Waals surface area contributed by atoms with E-state index < -0.39 is 5.83 Å². The molecule has 1 rings (SSSR count). The largest absolute Gasteiger partial charge is 0.261 e. The summed E-state index contributed by atoms with van der Waals surface area (Å²) in [5.74, 6) is -0.465. The third-order valence-electron chi connectivity index (χ3n) is 1.72. The molecule has 0 fully saturated rings. The summed E-state index contributed by atoms with van der Waals surface area (Å²) >= 11 is 0. The molecule has 0 bridgehead atoms. The van der Waals surface area contributed by atoms with Crippen molar-refractivity contribution in [3.8, 4) is 0 Å². The molecule has 1 nitrogen and oxygen atoms in total. The highest BCUT2D eigenvalue weighted by molar-refractivity contribution is 6.02. The molecule has 0 atom stereocenters. The van der Waals surface area contributed by atoms with E-state index in [1.54, 1.807) is 12.3 Å². The zero-order valence-electron chi connectivity index (χ0n) is 7.46. The minimum absolute atomic E-state index is 0.465. The molecular weight excluding hydrogens is 165 g/mol. The van der Waals surface area contributed by atoms with E-state index in [1.165, 1.54) is 6.08 Å². The molecule has 0 aromatic rings. The van der Waals surface area contributed by atoms with Gasteiger partial charge in [-0.1, -0.05) is 25.3 Å². The van der Waals surface area contributed by atoms with E-state index in [4.69, 9.17) is 0 Å². The fourth-order valence-electron chi connectivity index (χ4n) is 1.03. The van der Waals surface area contributed by atoms with Crippen LogP contribution in [0.3, 0.4) is 0 Å². The lowest BCUT2D eigenvalue weighted by Gasteiger charge is -2.06. The van der Waals surface area contributed by atoms with E-state index in [1.807, 2.05) is 6.08 Å². The van der Waals surface area contributed by atoms with Crippen molar-refractivity contribution in [3.63, 3.8) is 0 Å². The van der Waals surface area contributed by atoms with E-state index in [0.717, 1.165) is 24.1 Å². The van der Waals surface area contributed by atoms with Gasteiger partial charge in [-0.2, -0.15) is 0 Å². The van der Waals surface area contributed by atoms with Gasteiger partial charge in [0, 0.05) is 11.9 Å². The maximum Gasteiger partial charge on any atom is 0.116 e. The molecule has 0 radical (unpaired) electrons. The molecule has 1 aliphatic heterocycles. The van der Waals surface area contributed by atoms with Crippen molar-refractivity contribution in [1.82, 2.24) is 0 Å². The van der Waals surface area contributed by atoms with Crippen LogP contribution < -0.4 is 0 Å². The highest BCUT2D eigenvalue weighted by atomic mass is 19.1. The summed E-state index contributed by atoms with van der Waals surface area (Å²) in [5, 5.41) is 0. The van der Waals surface area contributed by atoms with Gasteiger partial charge in [0.2, 0.25) is 0 Å². The van der Waals surface area contributed by atoms with Crippen LogP contribution >= 0.6 is 0 Å². The van der Waals surface area contributed by atoms with Crippen molar-refractivity contribution in [2.75, 3.05) is 0 Å². The van der Waals surface area contributed by atoms with Gasteiger partial charge < -0.3 is 0 Å². The fourth-order valence-corrected chi connectivity index (χ4v) is 1.03. The van der Waals surface area contributed by atoms with E-state index >= 15 is 0 Å². The first-order valence-corrected chi connectivity index (χ1v) is 4.13. The quantitative estimate of drug-likeness (QED) is 0.586. The molecule has 0 N–H and O–H groups in total. The minimum atomic E-state index is -0.465. The molecule has 1 aliphatic rings. The molecule has 0 unspecified atom stereocenters. The standard InChI is InChI=1S/C11H12FN/c1-9(6-7-10(2)12)11-5-3-4-8-13-11/h4,6-8H,1-3,5H2/b7-6-. The molecule has 0 saturated heterocycles. The predicted molar refractivity (Wildman–Crippen MR) is 54.3 cm³/mol. The van der Waals surface area contributed by atoms with Crippen molar-refractivity contribution in [3.05, 3.63) is 49.0 Å². The van der Waals surface area contributed by atoms with Gasteiger partial charge in [-0.25, -0.2) is 4.39 Å². The number of nitrogens with zero attached hydrogens (tertiary/aromatic N) is 1. The Balaban J connectivity index is 2.62. The van der Waals surface area contributed by atoms with Gasteiger partial charge in [0.25, 0.3) is 0 Å². The van der Waals surface area contributed by atoms with Gasteiger partial charge in [-0.3, -0.25) is 4.99 Å². The van der Waals surface area contributed by atoms with Crippen molar-refractivity contribution in [2.45, 2.75) is 12.8 Å². The molecule has 2 heteroatoms. The first-order chi connectivity index (χ1) is 6.20. The molecule has 0 spiro atoms. The average Bonchev–Trinajstić information content (AvgIpc) is 2.15. The molecular formula is C11H12FN. The third-order valence-corrected chi connectivity index (χ3v) is 1.72. The highest BCUT2D eigenvalue weighted by Crippen LogP contribution is 2.11. The van der Waals surface area contributed by atoms with Crippen LogP contribution in [-0.4, -0.2) is 5.71 Å². The van der Waals surface area contributed by atoms with E-state index in [0.29, 0.717) is 0 Å². The Morgan fingerprint density at radius 1 is 1.46 bits per heavy atom. The predicted octanol–water partition coefficient (Wildman–Crippen LogP) is 3.33. The normalized spacial score (nSPS) is 15.9. The summed E-state index contributed by atoms with van der Waals surface area (Å²) in [6, 6.07) is 0. The average molecular weight is 177 g/mol. The van der Waals surface area contributed by atoms with Gasteiger partial charge in [0.05, 0.1) is 0 Å². The van der Waals surface area contributed by atoms with Crippen LogP contribution in [-0.2, 0) is 0 Å². The first kappa shape index (κ1) is 9.65. The maximum absolute atomic E-state index is 12.3. The van der Waals surface area contributed by atoms with Gasteiger partial charge in [-0.15, -0.1) is 0 Å². The van der Waals surface area contributed by atoms with Gasteiger partial charge >= 0.3 is 0 Å². The Labute approximate surface area is 77.7 Å². The number of hydrogen-bond donors (Lipinski definition) is 0. The topological polar surface area (TPSA) is 12.4 Å². The number of rotatable bonds is 3. The first-order valence-electron chi connectivity index (χ1n) is 4.13. The molecule has 0 aromatic carbocycles. The zero-order valence-corrected chi connectivity index (χ0v) is 7.46. The van der Waals surface area contributed by atoms with E-state index in [9.17, 15) is 4.39 Å². The Hall–Kier alpha value is -1.44. The van der Waals surface area contributed by atoms with Crippen molar-refractivity contribution < 1.29 is 4.39 Å². The number of halogens is 1. The van der Waals surface area contributed by atoms with Crippen molar-refractivity contribution in [2.24, 2.45) is 4.99 Å². The summed E-state index contributed by atoms with van der Waals surface area (Å²) in [6.07, 6.45) is 8.49. The SMILES string of the molecule is C=C(F)/C=C\C(=C)C1=NC=CCC1. The molecule has 13 heavy (non-hydrogen) atoms. The summed E-state index contributed by atoms with van der Waals surface area (Å²) in [4.78, 5) is 4.14. The molecule has 0 amide bonds. The smallest absolute Gasteiger partial charge is 0.116 e. The van der Waals surface area contributed by atoms with Gasteiger partial charge in [0.1, 0.15) is 5.83 Å². The molecule has 68 valence electrons. The van der Waals surface area contributed by atoms with Crippen LogP contribution in [0.25, 0.3) is 0 Å². The van der Waals surface area contributed by atoms with E-state index in [2.05, 4.69) is 18.2 Å². The van der Waals surface area contributed by atoms with Gasteiger partial charge in [0.15, 0.2) is 0 Å². The maximum atomic E-state index is 12.3. The second-order valence-corrected chi connectivity index (χ2v) is 2.80. The van der Waals surface area contributed by atoms with Crippen molar-refractivity contribution in [1.29, 1.82) is 0 Å². The Bertz CT molecular complexity index is 308. The number of allylic oxidation sites excluding steroid dienone is 5. The Kier molecular flexibility index (Phi) is 3.38. The monoisotopic (exact) mass is 177 g/mol. The third kappa shape index (κ3) is 3.20.